The second-order valence-corrected chi connectivity index (χ2v) is 2.55. The maximum atomic E-state index is 13.1. The highest BCUT2D eigenvalue weighted by molar-refractivity contribution is 5.40. The van der Waals surface area contributed by atoms with E-state index in [9.17, 15) is 23.3 Å². The molecule has 1 aromatic heterocycles. The number of nitrogens with zero attached hydrogens (tertiary/aromatic N) is 2. The molecule has 0 N–H and O–H groups in total. The highest BCUT2D eigenvalue weighted by atomic mass is 19.3. The molecule has 0 aliphatic rings. The highest BCUT2D eigenvalue weighted by Gasteiger charge is 2.29. The molecule has 1 aromatic rings. The molecular weight excluding hydrogens is 201 g/mol. The van der Waals surface area contributed by atoms with Gasteiger partial charge < -0.3 is 0 Å². The Labute approximate surface area is 76.5 Å². The minimum Gasteiger partial charge on any atom is -0.258 e. The molecule has 4 nitrogen and oxygen atoms in total. The quantitative estimate of drug-likeness (QED) is 0.551. The average Bonchev–Trinajstić information content (AvgIpc) is 2.08. The van der Waals surface area contributed by atoms with Crippen molar-refractivity contribution >= 4 is 5.69 Å². The van der Waals surface area contributed by atoms with E-state index < -0.39 is 28.5 Å². The summed E-state index contributed by atoms with van der Waals surface area (Å²) in [6.07, 6.45) is -2.32. The lowest BCUT2D eigenvalue weighted by molar-refractivity contribution is -0.389. The fourth-order valence-electron chi connectivity index (χ4n) is 0.917. The van der Waals surface area contributed by atoms with Crippen LogP contribution in [0, 0.1) is 22.9 Å². The van der Waals surface area contributed by atoms with Crippen LogP contribution in [0.1, 0.15) is 17.7 Å². The number of alkyl halides is 2. The van der Waals surface area contributed by atoms with Gasteiger partial charge in [-0.25, -0.2) is 13.8 Å². The third kappa shape index (κ3) is 1.66. The summed E-state index contributed by atoms with van der Waals surface area (Å²) in [7, 11) is 0. The van der Waals surface area contributed by atoms with E-state index in [4.69, 9.17) is 0 Å². The van der Waals surface area contributed by atoms with E-state index in [-0.39, 0.29) is 5.56 Å². The minimum atomic E-state index is -3.16. The van der Waals surface area contributed by atoms with Gasteiger partial charge in [-0.3, -0.25) is 10.1 Å². The summed E-state index contributed by atoms with van der Waals surface area (Å²) in [5.41, 5.74) is -2.53. The van der Waals surface area contributed by atoms with Gasteiger partial charge in [-0.15, -0.1) is 0 Å². The first-order chi connectivity index (χ1) is 6.45. The Morgan fingerprint density at radius 2 is 2.14 bits per heavy atom. The number of pyridine rings is 1. The van der Waals surface area contributed by atoms with Crippen molar-refractivity contribution in [2.24, 2.45) is 0 Å². The first-order valence-electron chi connectivity index (χ1n) is 3.52. The molecule has 0 aliphatic heterocycles. The zero-order chi connectivity index (χ0) is 10.9. The van der Waals surface area contributed by atoms with E-state index in [0.717, 1.165) is 6.20 Å². The van der Waals surface area contributed by atoms with Crippen LogP contribution in [0.3, 0.4) is 0 Å². The molecular formula is C7H5F3N2O2. The van der Waals surface area contributed by atoms with Crippen molar-refractivity contribution in [3.63, 3.8) is 0 Å². The number of hydrogen-bond acceptors (Lipinski definition) is 3. The first kappa shape index (κ1) is 10.4. The largest absolute Gasteiger partial charge is 0.332 e. The van der Waals surface area contributed by atoms with Gasteiger partial charge in [0, 0.05) is 11.8 Å². The molecule has 1 heterocycles. The standard InChI is InChI=1S/C7H5F3N2O2/c1-3-2-11-5(7(9)10)6(4(3)8)12(13)14/h2,7H,1H3. The molecule has 0 saturated carbocycles. The predicted octanol–water partition coefficient (Wildman–Crippen LogP) is 2.37. The van der Waals surface area contributed by atoms with Gasteiger partial charge in [0.25, 0.3) is 6.43 Å². The van der Waals surface area contributed by atoms with Gasteiger partial charge >= 0.3 is 5.69 Å². The van der Waals surface area contributed by atoms with Crippen LogP contribution >= 0.6 is 0 Å². The maximum absolute atomic E-state index is 13.1. The van der Waals surface area contributed by atoms with Crippen LogP contribution in [0.2, 0.25) is 0 Å². The molecule has 14 heavy (non-hydrogen) atoms. The van der Waals surface area contributed by atoms with Gasteiger partial charge in [0.05, 0.1) is 4.92 Å². The molecule has 0 unspecified atom stereocenters. The van der Waals surface area contributed by atoms with Crippen molar-refractivity contribution in [1.29, 1.82) is 0 Å². The lowest BCUT2D eigenvalue weighted by Gasteiger charge is -2.02. The molecule has 0 aliphatic carbocycles. The monoisotopic (exact) mass is 206 g/mol. The molecule has 0 saturated heterocycles. The van der Waals surface area contributed by atoms with E-state index in [0.29, 0.717) is 0 Å². The lowest BCUT2D eigenvalue weighted by Crippen LogP contribution is -2.03. The van der Waals surface area contributed by atoms with Crippen LogP contribution in [0.15, 0.2) is 6.20 Å². The van der Waals surface area contributed by atoms with Crippen molar-refractivity contribution < 1.29 is 18.1 Å². The van der Waals surface area contributed by atoms with Gasteiger partial charge in [-0.1, -0.05) is 0 Å². The van der Waals surface area contributed by atoms with Crippen LogP contribution in [-0.2, 0) is 0 Å². The Morgan fingerprint density at radius 1 is 1.57 bits per heavy atom. The minimum absolute atomic E-state index is 0.138. The summed E-state index contributed by atoms with van der Waals surface area (Å²) >= 11 is 0. The number of aromatic nitrogens is 1. The van der Waals surface area contributed by atoms with Gasteiger partial charge in [-0.2, -0.15) is 4.39 Å². The number of rotatable bonds is 2. The third-order valence-corrected chi connectivity index (χ3v) is 1.58. The summed E-state index contributed by atoms with van der Waals surface area (Å²) in [6.45, 7) is 1.21. The zero-order valence-electron chi connectivity index (χ0n) is 7.00. The Hall–Kier alpha value is -1.66. The summed E-state index contributed by atoms with van der Waals surface area (Å²) in [6, 6.07) is 0. The Balaban J connectivity index is 3.45. The zero-order valence-corrected chi connectivity index (χ0v) is 7.00. The fourth-order valence-corrected chi connectivity index (χ4v) is 0.917. The average molecular weight is 206 g/mol. The van der Waals surface area contributed by atoms with E-state index in [1.54, 1.807) is 0 Å². The van der Waals surface area contributed by atoms with Crippen molar-refractivity contribution in [3.05, 3.63) is 33.4 Å². The van der Waals surface area contributed by atoms with Gasteiger partial charge in [0.15, 0.2) is 5.69 Å². The van der Waals surface area contributed by atoms with E-state index in [1.165, 1.54) is 6.92 Å². The molecule has 0 atom stereocenters. The Morgan fingerprint density at radius 3 is 2.57 bits per heavy atom. The number of aryl methyl sites for hydroxylation is 1. The van der Waals surface area contributed by atoms with Crippen LogP contribution < -0.4 is 0 Å². The molecule has 0 spiro atoms. The molecule has 0 bridgehead atoms. The molecule has 0 aromatic carbocycles. The molecule has 7 heteroatoms. The van der Waals surface area contributed by atoms with Crippen molar-refractivity contribution in [2.45, 2.75) is 13.3 Å². The molecule has 76 valence electrons. The van der Waals surface area contributed by atoms with Crippen LogP contribution in [0.4, 0.5) is 18.9 Å². The second-order valence-electron chi connectivity index (χ2n) is 2.55. The van der Waals surface area contributed by atoms with Crippen LogP contribution in [0.25, 0.3) is 0 Å². The van der Waals surface area contributed by atoms with Gasteiger partial charge in [0.2, 0.25) is 5.82 Å². The summed E-state index contributed by atoms with van der Waals surface area (Å²) < 4.78 is 37.4. The topological polar surface area (TPSA) is 56.0 Å². The van der Waals surface area contributed by atoms with Gasteiger partial charge in [-0.05, 0) is 6.92 Å². The third-order valence-electron chi connectivity index (χ3n) is 1.58. The first-order valence-corrected chi connectivity index (χ1v) is 3.52. The van der Waals surface area contributed by atoms with Crippen molar-refractivity contribution in [3.8, 4) is 0 Å². The summed E-state index contributed by atoms with van der Waals surface area (Å²) in [4.78, 5) is 12.2. The normalized spacial score (nSPS) is 10.6. The maximum Gasteiger partial charge on any atom is 0.332 e. The van der Waals surface area contributed by atoms with Crippen molar-refractivity contribution in [2.75, 3.05) is 0 Å². The Bertz CT molecular complexity index is 381. The molecule has 1 rings (SSSR count). The lowest BCUT2D eigenvalue weighted by atomic mass is 10.2. The van der Waals surface area contributed by atoms with Gasteiger partial charge in [0.1, 0.15) is 0 Å². The van der Waals surface area contributed by atoms with E-state index in [1.807, 2.05) is 0 Å². The predicted molar refractivity (Wildman–Crippen MR) is 40.5 cm³/mol. The van der Waals surface area contributed by atoms with Crippen molar-refractivity contribution in [1.82, 2.24) is 4.98 Å². The number of hydrogen-bond donors (Lipinski definition) is 0. The Kier molecular flexibility index (Phi) is 2.68. The summed E-state index contributed by atoms with van der Waals surface area (Å²) in [5.74, 6) is -1.26. The molecule has 0 radical (unpaired) electrons. The number of halogens is 3. The second kappa shape index (κ2) is 3.60. The van der Waals surface area contributed by atoms with E-state index >= 15 is 0 Å². The smallest absolute Gasteiger partial charge is 0.258 e. The van der Waals surface area contributed by atoms with E-state index in [2.05, 4.69) is 4.98 Å². The molecule has 0 fully saturated rings. The molecule has 0 amide bonds. The summed E-state index contributed by atoms with van der Waals surface area (Å²) in [5, 5.41) is 10.3. The van der Waals surface area contributed by atoms with Crippen LogP contribution in [0.5, 0.6) is 0 Å². The fraction of sp³-hybridized carbons (Fsp3) is 0.286. The number of nitro groups is 1. The highest BCUT2D eigenvalue weighted by Crippen LogP contribution is 2.30. The SMILES string of the molecule is Cc1cnc(C(F)F)c([N+](=O)[O-])c1F. The van der Waals surface area contributed by atoms with Crippen LogP contribution in [-0.4, -0.2) is 9.91 Å².